The summed E-state index contributed by atoms with van der Waals surface area (Å²) < 4.78 is 4.53. The van der Waals surface area contributed by atoms with E-state index in [1.807, 2.05) is 6.92 Å². The van der Waals surface area contributed by atoms with Crippen molar-refractivity contribution in [2.45, 2.75) is 13.3 Å². The van der Waals surface area contributed by atoms with Gasteiger partial charge in [-0.1, -0.05) is 6.92 Å². The minimum Gasteiger partial charge on any atom is -0.463 e. The molecule has 9 heavy (non-hydrogen) atoms. The summed E-state index contributed by atoms with van der Waals surface area (Å²) in [6.45, 7) is 2.26. The van der Waals surface area contributed by atoms with Gasteiger partial charge >= 0.3 is 5.97 Å². The number of nitrogens with two attached hydrogens (primary N) is 2. The Bertz CT molecular complexity index is 93.0. The van der Waals surface area contributed by atoms with E-state index >= 15 is 0 Å². The van der Waals surface area contributed by atoms with Gasteiger partial charge in [0.25, 0.3) is 0 Å². The summed E-state index contributed by atoms with van der Waals surface area (Å²) in [5, 5.41) is 0. The summed E-state index contributed by atoms with van der Waals surface area (Å²) in [6.07, 6.45) is 0.488. The molecule has 0 amide bonds. The molecular weight excluding hydrogens is 120 g/mol. The average molecular weight is 131 g/mol. The van der Waals surface area contributed by atoms with Crippen LogP contribution in [-0.4, -0.2) is 12.6 Å². The number of ether oxygens (including phenoxy) is 1. The molecule has 0 rings (SSSR count). The summed E-state index contributed by atoms with van der Waals surface area (Å²) in [4.78, 5) is 10.4. The van der Waals surface area contributed by atoms with E-state index in [1.54, 1.807) is 0 Å². The first-order valence-corrected chi connectivity index (χ1v) is 2.73. The van der Waals surface area contributed by atoms with E-state index in [-0.39, 0.29) is 6.17 Å². The summed E-state index contributed by atoms with van der Waals surface area (Å²) in [5.74, 6) is -0.628. The minimum absolute atomic E-state index is 0.288. The van der Waals surface area contributed by atoms with Gasteiger partial charge in [0.05, 0.1) is 6.61 Å². The zero-order valence-corrected chi connectivity index (χ0v) is 5.39. The molecule has 0 aromatic carbocycles. The molecule has 0 aliphatic heterocycles. The lowest BCUT2D eigenvalue weighted by molar-refractivity contribution is -0.141. The van der Waals surface area contributed by atoms with Crippen molar-refractivity contribution in [3.8, 4) is 0 Å². The third kappa shape index (κ3) is 3.93. The van der Waals surface area contributed by atoms with Crippen LogP contribution in [0.2, 0.25) is 0 Å². The Morgan fingerprint density at radius 3 is 2.44 bits per heavy atom. The molecule has 53 valence electrons. The van der Waals surface area contributed by atoms with E-state index in [0.717, 1.165) is 6.42 Å². The lowest BCUT2D eigenvalue weighted by atomic mass is 10.5. The highest BCUT2D eigenvalue weighted by molar-refractivity contribution is 5.82. The van der Waals surface area contributed by atoms with Gasteiger partial charge in [-0.3, -0.25) is 0 Å². The lowest BCUT2D eigenvalue weighted by Crippen LogP contribution is -2.31. The molecule has 0 aliphatic carbocycles. The van der Waals surface area contributed by atoms with Crippen molar-refractivity contribution in [1.29, 1.82) is 0 Å². The molecular formula is C5H11N2O2. The molecule has 0 aliphatic rings. The zero-order chi connectivity index (χ0) is 7.28. The van der Waals surface area contributed by atoms with Crippen molar-refractivity contribution in [2.24, 2.45) is 11.5 Å². The second-order valence-electron chi connectivity index (χ2n) is 1.59. The van der Waals surface area contributed by atoms with E-state index < -0.39 is 5.97 Å². The highest BCUT2D eigenvalue weighted by Gasteiger charge is 2.08. The molecule has 0 bridgehead atoms. The van der Waals surface area contributed by atoms with Crippen LogP contribution < -0.4 is 11.5 Å². The molecule has 0 spiro atoms. The molecule has 0 fully saturated rings. The molecule has 0 aromatic heterocycles. The Labute approximate surface area is 54.2 Å². The van der Waals surface area contributed by atoms with Crippen molar-refractivity contribution < 1.29 is 9.53 Å². The molecule has 4 N–H and O–H groups in total. The largest absolute Gasteiger partial charge is 0.463 e. The maximum atomic E-state index is 10.4. The first-order chi connectivity index (χ1) is 4.18. The molecule has 0 aromatic rings. The summed E-state index contributed by atoms with van der Waals surface area (Å²) in [7, 11) is 0. The smallest absolute Gasteiger partial charge is 0.345 e. The topological polar surface area (TPSA) is 78.3 Å². The molecule has 4 heteroatoms. The van der Waals surface area contributed by atoms with Gasteiger partial charge in [0.15, 0.2) is 0 Å². The zero-order valence-electron chi connectivity index (χ0n) is 5.39. The van der Waals surface area contributed by atoms with E-state index in [0.29, 0.717) is 6.61 Å². The predicted molar refractivity (Wildman–Crippen MR) is 32.9 cm³/mol. The van der Waals surface area contributed by atoms with E-state index in [9.17, 15) is 4.79 Å². The third-order valence-corrected chi connectivity index (χ3v) is 0.673. The van der Waals surface area contributed by atoms with Gasteiger partial charge in [-0.05, 0) is 6.42 Å². The van der Waals surface area contributed by atoms with Gasteiger partial charge in [0, 0.05) is 0 Å². The fourth-order valence-electron chi connectivity index (χ4n) is 0.278. The van der Waals surface area contributed by atoms with Crippen LogP contribution in [0.1, 0.15) is 13.3 Å². The van der Waals surface area contributed by atoms with Gasteiger partial charge in [-0.2, -0.15) is 0 Å². The van der Waals surface area contributed by atoms with Crippen LogP contribution in [0, 0.1) is 6.17 Å². The molecule has 0 saturated heterocycles. The third-order valence-electron chi connectivity index (χ3n) is 0.673. The fourth-order valence-corrected chi connectivity index (χ4v) is 0.278. The average Bonchev–Trinajstić information content (AvgIpc) is 1.82. The molecule has 4 nitrogen and oxygen atoms in total. The Morgan fingerprint density at radius 1 is 1.56 bits per heavy atom. The lowest BCUT2D eigenvalue weighted by Gasteiger charge is -2.02. The van der Waals surface area contributed by atoms with Gasteiger partial charge in [-0.25, -0.2) is 4.79 Å². The Kier molecular flexibility index (Phi) is 4.00. The SMILES string of the molecule is CCCOC(=O)[C](N)N. The van der Waals surface area contributed by atoms with Crippen molar-refractivity contribution in [3.05, 3.63) is 6.17 Å². The molecule has 1 radical (unpaired) electrons. The van der Waals surface area contributed by atoms with Crippen molar-refractivity contribution in [3.63, 3.8) is 0 Å². The first kappa shape index (κ1) is 8.39. The van der Waals surface area contributed by atoms with Crippen LogP contribution in [0.5, 0.6) is 0 Å². The maximum absolute atomic E-state index is 10.4. The van der Waals surface area contributed by atoms with Crippen molar-refractivity contribution >= 4 is 5.97 Å². The van der Waals surface area contributed by atoms with Crippen LogP contribution >= 0.6 is 0 Å². The van der Waals surface area contributed by atoms with Crippen LogP contribution in [0.15, 0.2) is 0 Å². The van der Waals surface area contributed by atoms with E-state index in [2.05, 4.69) is 4.74 Å². The summed E-state index contributed by atoms with van der Waals surface area (Å²) in [6, 6.07) is 0. The highest BCUT2D eigenvalue weighted by atomic mass is 16.5. The van der Waals surface area contributed by atoms with Crippen LogP contribution in [0.25, 0.3) is 0 Å². The fraction of sp³-hybridized carbons (Fsp3) is 0.600. The standard InChI is InChI=1S/C5H11N2O2/c1-2-3-9-5(8)4(6)7/h2-3,6-7H2,1H3. The van der Waals surface area contributed by atoms with Crippen molar-refractivity contribution in [1.82, 2.24) is 0 Å². The second-order valence-corrected chi connectivity index (χ2v) is 1.59. The normalized spacial score (nSPS) is 9.78. The Morgan fingerprint density at radius 2 is 2.11 bits per heavy atom. The van der Waals surface area contributed by atoms with Crippen LogP contribution in [-0.2, 0) is 9.53 Å². The van der Waals surface area contributed by atoms with Crippen LogP contribution in [0.3, 0.4) is 0 Å². The summed E-state index contributed by atoms with van der Waals surface area (Å²) in [5.41, 5.74) is 9.79. The number of rotatable bonds is 3. The van der Waals surface area contributed by atoms with E-state index in [1.165, 1.54) is 0 Å². The minimum atomic E-state index is -0.628. The summed E-state index contributed by atoms with van der Waals surface area (Å²) >= 11 is 0. The van der Waals surface area contributed by atoms with Gasteiger partial charge in [0.1, 0.15) is 0 Å². The number of hydrogen-bond acceptors (Lipinski definition) is 4. The number of esters is 1. The maximum Gasteiger partial charge on any atom is 0.345 e. The number of hydrogen-bond donors (Lipinski definition) is 2. The van der Waals surface area contributed by atoms with Gasteiger partial charge in [0.2, 0.25) is 6.17 Å². The molecule has 0 atom stereocenters. The monoisotopic (exact) mass is 131 g/mol. The van der Waals surface area contributed by atoms with Gasteiger partial charge in [-0.15, -0.1) is 0 Å². The van der Waals surface area contributed by atoms with Gasteiger partial charge < -0.3 is 16.2 Å². The van der Waals surface area contributed by atoms with E-state index in [4.69, 9.17) is 11.5 Å². The first-order valence-electron chi connectivity index (χ1n) is 2.73. The van der Waals surface area contributed by atoms with Crippen LogP contribution in [0.4, 0.5) is 0 Å². The quantitative estimate of drug-likeness (QED) is 0.499. The molecule has 0 heterocycles. The van der Waals surface area contributed by atoms with Crippen molar-refractivity contribution in [2.75, 3.05) is 6.61 Å². The number of carbonyl (C=O) groups excluding carboxylic acids is 1. The number of carbonyl (C=O) groups is 1. The molecule has 0 unspecified atom stereocenters. The molecule has 0 saturated carbocycles. The second kappa shape index (κ2) is 4.29. The Hall–Kier alpha value is -0.610. The Balaban J connectivity index is 3.28. The highest BCUT2D eigenvalue weighted by Crippen LogP contribution is 1.85. The predicted octanol–water partition coefficient (Wildman–Crippen LogP) is -0.654.